The van der Waals surface area contributed by atoms with Crippen LogP contribution in [-0.2, 0) is 14.3 Å². The Kier molecular flexibility index (Phi) is 7.54. The van der Waals surface area contributed by atoms with E-state index in [2.05, 4.69) is 10.1 Å². The van der Waals surface area contributed by atoms with Gasteiger partial charge in [-0.3, -0.25) is 9.59 Å². The maximum atomic E-state index is 11.8. The Morgan fingerprint density at radius 2 is 1.67 bits per heavy atom. The molecule has 18 heavy (non-hydrogen) atoms. The van der Waals surface area contributed by atoms with Crippen LogP contribution in [0.4, 0.5) is 0 Å². The van der Waals surface area contributed by atoms with E-state index in [-0.39, 0.29) is 36.2 Å². The fourth-order valence-corrected chi connectivity index (χ4v) is 1.16. The maximum Gasteiger partial charge on any atom is 0.313 e. The summed E-state index contributed by atoms with van der Waals surface area (Å²) in [7, 11) is 1.33. The van der Waals surface area contributed by atoms with E-state index in [9.17, 15) is 9.59 Å². The minimum Gasteiger partial charge on any atom is -0.469 e. The molecule has 0 aliphatic rings. The molecule has 0 radical (unpaired) electrons. The van der Waals surface area contributed by atoms with E-state index in [4.69, 9.17) is 5.73 Å². The third-order valence-electron chi connectivity index (χ3n) is 2.66. The highest BCUT2D eigenvalue weighted by molar-refractivity contribution is 5.85. The van der Waals surface area contributed by atoms with Crippen molar-refractivity contribution in [1.29, 1.82) is 0 Å². The van der Waals surface area contributed by atoms with Gasteiger partial charge < -0.3 is 15.8 Å². The number of carbonyl (C=O) groups is 2. The highest BCUT2D eigenvalue weighted by Crippen LogP contribution is 2.19. The minimum atomic E-state index is -0.748. The summed E-state index contributed by atoms with van der Waals surface area (Å²) < 4.78 is 4.65. The van der Waals surface area contributed by atoms with Gasteiger partial charge in [0.15, 0.2) is 0 Å². The molecule has 0 rings (SSSR count). The number of esters is 1. The molecule has 6 heteroatoms. The largest absolute Gasteiger partial charge is 0.469 e. The van der Waals surface area contributed by atoms with Gasteiger partial charge in [0.05, 0.1) is 18.6 Å². The van der Waals surface area contributed by atoms with Gasteiger partial charge in [0.1, 0.15) is 0 Å². The van der Waals surface area contributed by atoms with Gasteiger partial charge in [-0.15, -0.1) is 12.4 Å². The number of carbonyl (C=O) groups excluding carboxylic acids is 2. The fraction of sp³-hybridized carbons (Fsp3) is 0.833. The molecule has 1 amide bonds. The summed E-state index contributed by atoms with van der Waals surface area (Å²) >= 11 is 0. The van der Waals surface area contributed by atoms with Crippen molar-refractivity contribution in [3.8, 4) is 0 Å². The van der Waals surface area contributed by atoms with Crippen LogP contribution in [0, 0.1) is 10.8 Å². The standard InChI is InChI=1S/C12H24N2O3.ClH/c1-11(2,3)8(13)9(15)14-7-12(4,5)10(16)17-6;/h8H,7,13H2,1-6H3,(H,14,15);1H/t8-;/m1./s1. The highest BCUT2D eigenvalue weighted by atomic mass is 35.5. The molecule has 108 valence electrons. The molecule has 0 aromatic heterocycles. The van der Waals surface area contributed by atoms with Gasteiger partial charge in [-0.25, -0.2) is 0 Å². The van der Waals surface area contributed by atoms with Gasteiger partial charge in [0.2, 0.25) is 5.91 Å². The van der Waals surface area contributed by atoms with Crippen molar-refractivity contribution in [2.45, 2.75) is 40.7 Å². The molecule has 0 unspecified atom stereocenters. The number of halogens is 1. The molecule has 0 bridgehead atoms. The number of hydrogen-bond acceptors (Lipinski definition) is 4. The first-order chi connectivity index (χ1) is 7.52. The Balaban J connectivity index is 0. The lowest BCUT2D eigenvalue weighted by molar-refractivity contribution is -0.150. The second-order valence-electron chi connectivity index (χ2n) is 5.94. The fourth-order valence-electron chi connectivity index (χ4n) is 1.16. The molecule has 0 spiro atoms. The lowest BCUT2D eigenvalue weighted by Gasteiger charge is -2.28. The van der Waals surface area contributed by atoms with Crippen LogP contribution >= 0.6 is 12.4 Å². The number of nitrogens with one attached hydrogen (secondary N) is 1. The Morgan fingerprint density at radius 1 is 1.22 bits per heavy atom. The number of nitrogens with two attached hydrogens (primary N) is 1. The number of hydrogen-bond donors (Lipinski definition) is 2. The van der Waals surface area contributed by atoms with E-state index in [1.807, 2.05) is 20.8 Å². The highest BCUT2D eigenvalue weighted by Gasteiger charge is 2.32. The summed E-state index contributed by atoms with van der Waals surface area (Å²) in [6.07, 6.45) is 0. The molecule has 0 aliphatic carbocycles. The van der Waals surface area contributed by atoms with E-state index in [1.165, 1.54) is 7.11 Å². The summed E-state index contributed by atoms with van der Waals surface area (Å²) in [5.74, 6) is -0.614. The number of rotatable bonds is 4. The van der Waals surface area contributed by atoms with Crippen molar-refractivity contribution >= 4 is 24.3 Å². The number of amides is 1. The van der Waals surface area contributed by atoms with Crippen molar-refractivity contribution in [3.63, 3.8) is 0 Å². The molecule has 0 heterocycles. The van der Waals surface area contributed by atoms with Crippen LogP contribution in [0.2, 0.25) is 0 Å². The van der Waals surface area contributed by atoms with Gasteiger partial charge >= 0.3 is 5.97 Å². The summed E-state index contributed by atoms with van der Waals surface area (Å²) in [5, 5.41) is 2.68. The lowest BCUT2D eigenvalue weighted by Crippen LogP contribution is -2.51. The quantitative estimate of drug-likeness (QED) is 0.756. The SMILES string of the molecule is COC(=O)C(C)(C)CNC(=O)[C@@H](N)C(C)(C)C.Cl. The number of ether oxygens (including phenoxy) is 1. The molecular formula is C12H25ClN2O3. The Morgan fingerprint density at radius 3 is 2.00 bits per heavy atom. The molecule has 0 aliphatic heterocycles. The van der Waals surface area contributed by atoms with E-state index in [1.54, 1.807) is 13.8 Å². The zero-order chi connectivity index (χ0) is 13.9. The second-order valence-corrected chi connectivity index (χ2v) is 5.94. The van der Waals surface area contributed by atoms with Crippen LogP contribution in [0.15, 0.2) is 0 Å². The Bertz CT molecular complexity index is 298. The van der Waals surface area contributed by atoms with Crippen molar-refractivity contribution in [2.75, 3.05) is 13.7 Å². The first-order valence-corrected chi connectivity index (χ1v) is 5.64. The van der Waals surface area contributed by atoms with Crippen LogP contribution in [0.5, 0.6) is 0 Å². The summed E-state index contributed by atoms with van der Waals surface area (Å²) in [6.45, 7) is 9.31. The molecule has 3 N–H and O–H groups in total. The topological polar surface area (TPSA) is 81.4 Å². The summed E-state index contributed by atoms with van der Waals surface area (Å²) in [5.41, 5.74) is 4.75. The molecular weight excluding hydrogens is 256 g/mol. The van der Waals surface area contributed by atoms with Crippen LogP contribution < -0.4 is 11.1 Å². The Hall–Kier alpha value is -0.810. The van der Waals surface area contributed by atoms with Gasteiger partial charge in [-0.2, -0.15) is 0 Å². The van der Waals surface area contributed by atoms with Crippen LogP contribution in [-0.4, -0.2) is 31.6 Å². The normalized spacial score (nSPS) is 13.3. The van der Waals surface area contributed by atoms with E-state index < -0.39 is 11.5 Å². The van der Waals surface area contributed by atoms with Crippen molar-refractivity contribution < 1.29 is 14.3 Å². The lowest BCUT2D eigenvalue weighted by atomic mass is 9.86. The predicted octanol–water partition coefficient (Wildman–Crippen LogP) is 1.10. The first-order valence-electron chi connectivity index (χ1n) is 5.64. The molecule has 0 aromatic rings. The van der Waals surface area contributed by atoms with Crippen molar-refractivity contribution in [3.05, 3.63) is 0 Å². The smallest absolute Gasteiger partial charge is 0.313 e. The molecule has 0 saturated heterocycles. The van der Waals surface area contributed by atoms with Crippen molar-refractivity contribution in [2.24, 2.45) is 16.6 Å². The summed E-state index contributed by atoms with van der Waals surface area (Å²) in [6, 6.07) is -0.601. The van der Waals surface area contributed by atoms with E-state index in [0.717, 1.165) is 0 Å². The summed E-state index contributed by atoms with van der Waals surface area (Å²) in [4.78, 5) is 23.2. The first kappa shape index (κ1) is 19.5. The van der Waals surface area contributed by atoms with Crippen LogP contribution in [0.1, 0.15) is 34.6 Å². The van der Waals surface area contributed by atoms with Crippen molar-refractivity contribution in [1.82, 2.24) is 5.32 Å². The Labute approximate surface area is 115 Å². The van der Waals surface area contributed by atoms with E-state index >= 15 is 0 Å². The third kappa shape index (κ3) is 5.69. The molecule has 5 nitrogen and oxygen atoms in total. The molecule has 0 fully saturated rings. The number of methoxy groups -OCH3 is 1. The van der Waals surface area contributed by atoms with Gasteiger partial charge in [-0.1, -0.05) is 20.8 Å². The molecule has 0 aromatic carbocycles. The zero-order valence-electron chi connectivity index (χ0n) is 12.0. The van der Waals surface area contributed by atoms with E-state index in [0.29, 0.717) is 0 Å². The molecule has 1 atom stereocenters. The molecule has 0 saturated carbocycles. The maximum absolute atomic E-state index is 11.8. The average molecular weight is 281 g/mol. The third-order valence-corrected chi connectivity index (χ3v) is 2.66. The van der Waals surface area contributed by atoms with Gasteiger partial charge in [0, 0.05) is 6.54 Å². The minimum absolute atomic E-state index is 0. The predicted molar refractivity (Wildman–Crippen MR) is 73.5 cm³/mol. The monoisotopic (exact) mass is 280 g/mol. The van der Waals surface area contributed by atoms with Gasteiger partial charge in [0.25, 0.3) is 0 Å². The average Bonchev–Trinajstić information content (AvgIpc) is 2.22. The van der Waals surface area contributed by atoms with Crippen LogP contribution in [0.3, 0.4) is 0 Å². The van der Waals surface area contributed by atoms with Crippen LogP contribution in [0.25, 0.3) is 0 Å². The van der Waals surface area contributed by atoms with Gasteiger partial charge in [-0.05, 0) is 19.3 Å². The second kappa shape index (κ2) is 6.95. The zero-order valence-corrected chi connectivity index (χ0v) is 12.8.